The van der Waals surface area contributed by atoms with Crippen molar-refractivity contribution in [2.45, 2.75) is 13.0 Å². The first-order valence-corrected chi connectivity index (χ1v) is 5.77. The minimum absolute atomic E-state index is 0.570. The number of hydrogen-bond donors (Lipinski definition) is 1. The molecule has 0 saturated carbocycles. The molecule has 2 N–H and O–H groups in total. The molecular weight excluding hydrogens is 238 g/mol. The van der Waals surface area contributed by atoms with Crippen LogP contribution in [0.2, 0.25) is 5.02 Å². The van der Waals surface area contributed by atoms with Crippen molar-refractivity contribution in [1.29, 1.82) is 0 Å². The molecule has 0 bridgehead atoms. The predicted octanol–water partition coefficient (Wildman–Crippen LogP) is 2.59. The van der Waals surface area contributed by atoms with Gasteiger partial charge in [-0.3, -0.25) is 0 Å². The second kappa shape index (κ2) is 5.59. The molecule has 1 heterocycles. The van der Waals surface area contributed by atoms with E-state index in [-0.39, 0.29) is 0 Å². The number of ether oxygens (including phenoxy) is 1. The molecule has 17 heavy (non-hydrogen) atoms. The molecule has 0 atom stereocenters. The summed E-state index contributed by atoms with van der Waals surface area (Å²) in [5, 5.41) is 0.619. The molecule has 0 aliphatic carbocycles. The van der Waals surface area contributed by atoms with E-state index < -0.39 is 0 Å². The van der Waals surface area contributed by atoms with Crippen molar-refractivity contribution < 1.29 is 4.74 Å². The van der Waals surface area contributed by atoms with Gasteiger partial charge in [0, 0.05) is 24.0 Å². The molecule has 0 unspecified atom stereocenters. The van der Waals surface area contributed by atoms with Crippen LogP contribution in [0, 0.1) is 0 Å². The number of hydrogen-bond acceptors (Lipinski definition) is 3. The average Bonchev–Trinajstić information content (AvgIpc) is 2.79. The molecule has 2 rings (SSSR count). The topological polar surface area (TPSA) is 53.1 Å². The van der Waals surface area contributed by atoms with E-state index in [4.69, 9.17) is 22.1 Å². The molecule has 4 nitrogen and oxygen atoms in total. The van der Waals surface area contributed by atoms with E-state index in [1.54, 1.807) is 30.7 Å². The summed E-state index contributed by atoms with van der Waals surface area (Å²) in [7, 11) is 0. The lowest BCUT2D eigenvalue weighted by Crippen LogP contribution is -2.04. The van der Waals surface area contributed by atoms with Gasteiger partial charge in [0.05, 0.1) is 18.6 Å². The predicted molar refractivity (Wildman–Crippen MR) is 68.2 cm³/mol. The van der Waals surface area contributed by atoms with E-state index in [9.17, 15) is 0 Å². The van der Waals surface area contributed by atoms with Crippen molar-refractivity contribution in [1.82, 2.24) is 9.55 Å². The van der Waals surface area contributed by atoms with E-state index in [0.717, 1.165) is 13.0 Å². The minimum Gasteiger partial charge on any atom is -0.491 e. The van der Waals surface area contributed by atoms with Crippen LogP contribution in [0.1, 0.15) is 6.42 Å². The molecule has 0 aliphatic rings. The summed E-state index contributed by atoms with van der Waals surface area (Å²) >= 11 is 5.80. The molecule has 90 valence electrons. The Morgan fingerprint density at radius 3 is 3.00 bits per heavy atom. The van der Waals surface area contributed by atoms with Gasteiger partial charge < -0.3 is 15.0 Å². The molecule has 0 aliphatic heterocycles. The van der Waals surface area contributed by atoms with Crippen LogP contribution in [0.4, 0.5) is 5.69 Å². The van der Waals surface area contributed by atoms with Gasteiger partial charge >= 0.3 is 0 Å². The monoisotopic (exact) mass is 251 g/mol. The Morgan fingerprint density at radius 1 is 1.41 bits per heavy atom. The molecule has 0 radical (unpaired) electrons. The lowest BCUT2D eigenvalue weighted by atomic mass is 10.3. The molecule has 0 spiro atoms. The molecule has 2 aromatic rings. The van der Waals surface area contributed by atoms with E-state index in [0.29, 0.717) is 23.1 Å². The summed E-state index contributed by atoms with van der Waals surface area (Å²) in [5.41, 5.74) is 6.34. The largest absolute Gasteiger partial charge is 0.491 e. The Hall–Kier alpha value is -1.68. The van der Waals surface area contributed by atoms with Crippen molar-refractivity contribution in [2.24, 2.45) is 0 Å². The summed E-state index contributed by atoms with van der Waals surface area (Å²) in [4.78, 5) is 3.97. The summed E-state index contributed by atoms with van der Waals surface area (Å²) in [5.74, 6) is 0.681. The van der Waals surface area contributed by atoms with E-state index >= 15 is 0 Å². The van der Waals surface area contributed by atoms with Gasteiger partial charge in [-0.2, -0.15) is 0 Å². The quantitative estimate of drug-likeness (QED) is 0.656. The number of nitrogens with zero attached hydrogens (tertiary/aromatic N) is 2. The third-order valence-electron chi connectivity index (χ3n) is 2.35. The van der Waals surface area contributed by atoms with Crippen molar-refractivity contribution in [3.63, 3.8) is 0 Å². The number of halogens is 1. The third-order valence-corrected chi connectivity index (χ3v) is 2.58. The van der Waals surface area contributed by atoms with Gasteiger partial charge in [-0.25, -0.2) is 4.98 Å². The van der Waals surface area contributed by atoms with E-state index in [1.165, 1.54) is 0 Å². The highest BCUT2D eigenvalue weighted by Gasteiger charge is 2.00. The molecule has 1 aromatic heterocycles. The van der Waals surface area contributed by atoms with Crippen LogP contribution in [0.5, 0.6) is 5.75 Å². The Kier molecular flexibility index (Phi) is 3.88. The number of benzene rings is 1. The van der Waals surface area contributed by atoms with Crippen LogP contribution in [0.3, 0.4) is 0 Å². The Labute approximate surface area is 105 Å². The number of aryl methyl sites for hydroxylation is 1. The molecule has 1 aromatic carbocycles. The van der Waals surface area contributed by atoms with Gasteiger partial charge in [-0.05, 0) is 24.6 Å². The lowest BCUT2D eigenvalue weighted by molar-refractivity contribution is 0.303. The average molecular weight is 252 g/mol. The van der Waals surface area contributed by atoms with Crippen molar-refractivity contribution >= 4 is 17.3 Å². The van der Waals surface area contributed by atoms with Gasteiger partial charge in [-0.15, -0.1) is 0 Å². The van der Waals surface area contributed by atoms with Crippen LogP contribution in [0.25, 0.3) is 0 Å². The zero-order valence-electron chi connectivity index (χ0n) is 9.34. The van der Waals surface area contributed by atoms with Crippen molar-refractivity contribution in [3.05, 3.63) is 41.9 Å². The van der Waals surface area contributed by atoms with Gasteiger partial charge in [-0.1, -0.05) is 11.6 Å². The number of aromatic nitrogens is 2. The zero-order valence-corrected chi connectivity index (χ0v) is 10.1. The van der Waals surface area contributed by atoms with Gasteiger partial charge in [0.1, 0.15) is 5.75 Å². The van der Waals surface area contributed by atoms with Gasteiger partial charge in [0.2, 0.25) is 0 Å². The first kappa shape index (κ1) is 11.8. The van der Waals surface area contributed by atoms with E-state index in [2.05, 4.69) is 4.98 Å². The Balaban J connectivity index is 1.78. The van der Waals surface area contributed by atoms with Crippen molar-refractivity contribution in [2.75, 3.05) is 12.3 Å². The minimum atomic E-state index is 0.570. The molecular formula is C12H14ClN3O. The van der Waals surface area contributed by atoms with Gasteiger partial charge in [0.25, 0.3) is 0 Å². The first-order chi connectivity index (χ1) is 8.25. The Morgan fingerprint density at radius 2 is 2.29 bits per heavy atom. The zero-order chi connectivity index (χ0) is 12.1. The SMILES string of the molecule is Nc1cc(Cl)ccc1OCCCn1ccnc1. The number of rotatable bonds is 5. The second-order valence-electron chi connectivity index (χ2n) is 3.68. The molecule has 0 fully saturated rings. The number of nitrogen functional groups attached to an aromatic ring is 1. The Bertz CT molecular complexity index is 471. The molecule has 0 saturated heterocycles. The maximum atomic E-state index is 5.80. The number of nitrogens with two attached hydrogens (primary N) is 1. The summed E-state index contributed by atoms with van der Waals surface area (Å²) in [6.45, 7) is 1.50. The van der Waals surface area contributed by atoms with Crippen LogP contribution >= 0.6 is 11.6 Å². The van der Waals surface area contributed by atoms with E-state index in [1.807, 2.05) is 10.8 Å². The highest BCUT2D eigenvalue weighted by molar-refractivity contribution is 6.30. The van der Waals surface area contributed by atoms with Crippen molar-refractivity contribution in [3.8, 4) is 5.75 Å². The highest BCUT2D eigenvalue weighted by atomic mass is 35.5. The summed E-state index contributed by atoms with van der Waals surface area (Å²) < 4.78 is 7.58. The van der Waals surface area contributed by atoms with Crippen LogP contribution in [-0.4, -0.2) is 16.2 Å². The lowest BCUT2D eigenvalue weighted by Gasteiger charge is -2.09. The molecule has 5 heteroatoms. The number of imidazole rings is 1. The normalized spacial score (nSPS) is 10.4. The summed E-state index contributed by atoms with van der Waals surface area (Å²) in [6.07, 6.45) is 6.38. The second-order valence-corrected chi connectivity index (χ2v) is 4.12. The fraction of sp³-hybridized carbons (Fsp3) is 0.250. The summed E-state index contributed by atoms with van der Waals surface area (Å²) in [6, 6.07) is 5.24. The molecule has 0 amide bonds. The van der Waals surface area contributed by atoms with Crippen LogP contribution < -0.4 is 10.5 Å². The maximum absolute atomic E-state index is 5.80. The van der Waals surface area contributed by atoms with Crippen LogP contribution in [-0.2, 0) is 6.54 Å². The maximum Gasteiger partial charge on any atom is 0.142 e. The highest BCUT2D eigenvalue weighted by Crippen LogP contribution is 2.24. The first-order valence-electron chi connectivity index (χ1n) is 5.39. The van der Waals surface area contributed by atoms with Gasteiger partial charge in [0.15, 0.2) is 0 Å². The standard InChI is InChI=1S/C12H14ClN3O/c13-10-2-3-12(11(14)8-10)17-7-1-5-16-6-4-15-9-16/h2-4,6,8-9H,1,5,7,14H2. The number of anilines is 1. The fourth-order valence-corrected chi connectivity index (χ4v) is 1.68. The third kappa shape index (κ3) is 3.39. The smallest absolute Gasteiger partial charge is 0.142 e. The fourth-order valence-electron chi connectivity index (χ4n) is 1.50. The van der Waals surface area contributed by atoms with Crippen LogP contribution in [0.15, 0.2) is 36.9 Å².